The molecule has 0 spiro atoms. The summed E-state index contributed by atoms with van der Waals surface area (Å²) in [6.07, 6.45) is 0. The molecule has 2 heterocycles. The Bertz CT molecular complexity index is 627. The van der Waals surface area contributed by atoms with Gasteiger partial charge in [-0.15, -0.1) is 0 Å². The van der Waals surface area contributed by atoms with Gasteiger partial charge in [-0.1, -0.05) is 12.1 Å². The number of halogens is 1. The number of hydrogen-bond donors (Lipinski definition) is 0. The molecule has 1 aromatic carbocycles. The average Bonchev–Trinajstić information content (AvgIpc) is 2.89. The van der Waals surface area contributed by atoms with E-state index in [1.807, 2.05) is 0 Å². The Balaban J connectivity index is 2.23. The lowest BCUT2D eigenvalue weighted by Gasteiger charge is -2.04. The van der Waals surface area contributed by atoms with Crippen LogP contribution in [0.5, 0.6) is 0 Å². The molecule has 0 aliphatic carbocycles. The maximum atomic E-state index is 13.7. The molecule has 0 bridgehead atoms. The van der Waals surface area contributed by atoms with Crippen LogP contribution in [0.4, 0.5) is 4.39 Å². The van der Waals surface area contributed by atoms with Crippen LogP contribution in [0.15, 0.2) is 24.3 Å². The van der Waals surface area contributed by atoms with E-state index in [0.29, 0.717) is 30.3 Å². The number of nitrogens with zero attached hydrogens (tertiary/aromatic N) is 3. The number of rotatable bonds is 1. The maximum absolute atomic E-state index is 13.7. The van der Waals surface area contributed by atoms with Gasteiger partial charge >= 0.3 is 0 Å². The normalized spacial score (nSPS) is 13.4. The topological polar surface area (TPSA) is 50.8 Å². The van der Waals surface area contributed by atoms with Crippen molar-refractivity contribution in [3.8, 4) is 11.8 Å². The molecular weight excluding hydrogens is 221 g/mol. The second-order valence-electron chi connectivity index (χ2n) is 3.74. The van der Waals surface area contributed by atoms with Crippen molar-refractivity contribution in [2.75, 3.05) is 0 Å². The third-order valence-corrected chi connectivity index (χ3v) is 2.74. The lowest BCUT2D eigenvalue weighted by atomic mass is 10.2. The van der Waals surface area contributed by atoms with E-state index >= 15 is 0 Å². The summed E-state index contributed by atoms with van der Waals surface area (Å²) in [7, 11) is 0. The zero-order valence-electron chi connectivity index (χ0n) is 8.85. The fourth-order valence-electron chi connectivity index (χ4n) is 1.93. The van der Waals surface area contributed by atoms with Gasteiger partial charge in [-0.2, -0.15) is 10.4 Å². The fourth-order valence-corrected chi connectivity index (χ4v) is 1.93. The van der Waals surface area contributed by atoms with E-state index in [-0.39, 0.29) is 0 Å². The zero-order chi connectivity index (χ0) is 11.8. The van der Waals surface area contributed by atoms with E-state index in [1.165, 1.54) is 10.7 Å². The molecule has 0 radical (unpaired) electrons. The van der Waals surface area contributed by atoms with E-state index in [2.05, 4.69) is 11.2 Å². The van der Waals surface area contributed by atoms with Crippen molar-refractivity contribution in [3.05, 3.63) is 47.0 Å². The minimum atomic E-state index is -0.397. The van der Waals surface area contributed by atoms with Crippen molar-refractivity contribution in [1.29, 1.82) is 5.26 Å². The minimum absolute atomic E-state index is 0.290. The lowest BCUT2D eigenvalue weighted by Crippen LogP contribution is -2.04. The Labute approximate surface area is 96.9 Å². The van der Waals surface area contributed by atoms with Gasteiger partial charge in [-0.05, 0) is 12.1 Å². The highest BCUT2D eigenvalue weighted by Gasteiger charge is 2.24. The molecule has 0 saturated carbocycles. The van der Waals surface area contributed by atoms with E-state index in [9.17, 15) is 4.39 Å². The number of ether oxygens (including phenoxy) is 1. The summed E-state index contributed by atoms with van der Waals surface area (Å²) >= 11 is 0. The Morgan fingerprint density at radius 1 is 1.35 bits per heavy atom. The second-order valence-corrected chi connectivity index (χ2v) is 3.74. The van der Waals surface area contributed by atoms with E-state index in [1.54, 1.807) is 18.2 Å². The van der Waals surface area contributed by atoms with Gasteiger partial charge in [0.15, 0.2) is 0 Å². The number of benzene rings is 1. The quantitative estimate of drug-likeness (QED) is 0.750. The summed E-state index contributed by atoms with van der Waals surface area (Å²) in [6.45, 7) is 0.748. The number of aromatic nitrogens is 2. The average molecular weight is 229 g/mol. The number of para-hydroxylation sites is 1. The molecular formula is C12H8FN3O. The van der Waals surface area contributed by atoms with Crippen LogP contribution in [0.25, 0.3) is 5.69 Å². The highest BCUT2D eigenvalue weighted by Crippen LogP contribution is 2.25. The van der Waals surface area contributed by atoms with Crippen molar-refractivity contribution in [1.82, 2.24) is 9.78 Å². The van der Waals surface area contributed by atoms with Gasteiger partial charge in [0.1, 0.15) is 23.3 Å². The summed E-state index contributed by atoms with van der Waals surface area (Å²) in [5, 5.41) is 13.4. The molecule has 3 rings (SSSR count). The standard InChI is InChI=1S/C12H8FN3O/c13-9-3-1-2-4-11(9)16-12(5-14)8-6-17-7-10(8)15-16/h1-4H,6-7H2. The van der Waals surface area contributed by atoms with E-state index in [4.69, 9.17) is 10.00 Å². The molecule has 0 unspecified atom stereocenters. The number of hydrogen-bond acceptors (Lipinski definition) is 3. The van der Waals surface area contributed by atoms with Crippen LogP contribution in [0.3, 0.4) is 0 Å². The van der Waals surface area contributed by atoms with Gasteiger partial charge in [0.25, 0.3) is 0 Å². The van der Waals surface area contributed by atoms with Crippen LogP contribution in [0.2, 0.25) is 0 Å². The molecule has 1 aliphatic heterocycles. The summed E-state index contributed by atoms with van der Waals surface area (Å²) in [5.74, 6) is -0.397. The Morgan fingerprint density at radius 3 is 2.94 bits per heavy atom. The molecule has 17 heavy (non-hydrogen) atoms. The summed E-state index contributed by atoms with van der Waals surface area (Å²) in [6, 6.07) is 8.31. The predicted octanol–water partition coefficient (Wildman–Crippen LogP) is 1.91. The minimum Gasteiger partial charge on any atom is -0.370 e. The molecule has 0 amide bonds. The van der Waals surface area contributed by atoms with Gasteiger partial charge in [0, 0.05) is 5.56 Å². The third-order valence-electron chi connectivity index (χ3n) is 2.74. The Kier molecular flexibility index (Phi) is 2.16. The molecule has 0 fully saturated rings. The monoisotopic (exact) mass is 229 g/mol. The summed E-state index contributed by atoms with van der Waals surface area (Å²) < 4.78 is 20.2. The maximum Gasteiger partial charge on any atom is 0.150 e. The number of nitriles is 1. The van der Waals surface area contributed by atoms with Gasteiger partial charge in [-0.25, -0.2) is 9.07 Å². The van der Waals surface area contributed by atoms with Crippen LogP contribution >= 0.6 is 0 Å². The molecule has 0 saturated heterocycles. The first-order chi connectivity index (χ1) is 8.31. The van der Waals surface area contributed by atoms with Gasteiger partial charge < -0.3 is 4.74 Å². The molecule has 2 aromatic rings. The highest BCUT2D eigenvalue weighted by atomic mass is 19.1. The van der Waals surface area contributed by atoms with Crippen molar-refractivity contribution < 1.29 is 9.13 Å². The van der Waals surface area contributed by atoms with E-state index in [0.717, 1.165) is 5.56 Å². The second kappa shape index (κ2) is 3.68. The van der Waals surface area contributed by atoms with Crippen LogP contribution in [0, 0.1) is 17.1 Å². The Morgan fingerprint density at radius 2 is 2.18 bits per heavy atom. The smallest absolute Gasteiger partial charge is 0.150 e. The van der Waals surface area contributed by atoms with Gasteiger partial charge in [-0.3, -0.25) is 0 Å². The molecule has 0 N–H and O–H groups in total. The Hall–Kier alpha value is -2.19. The molecule has 84 valence electrons. The first kappa shape index (κ1) is 10.00. The third kappa shape index (κ3) is 1.42. The predicted molar refractivity (Wildman–Crippen MR) is 56.7 cm³/mol. The highest BCUT2D eigenvalue weighted by molar-refractivity contribution is 5.44. The van der Waals surface area contributed by atoms with Crippen LogP contribution < -0.4 is 0 Å². The number of fused-ring (bicyclic) bond motifs is 1. The molecule has 0 atom stereocenters. The van der Waals surface area contributed by atoms with Crippen LogP contribution in [0.1, 0.15) is 17.0 Å². The van der Waals surface area contributed by atoms with Gasteiger partial charge in [0.2, 0.25) is 0 Å². The van der Waals surface area contributed by atoms with Crippen LogP contribution in [-0.4, -0.2) is 9.78 Å². The summed E-state index contributed by atoms with van der Waals surface area (Å²) in [4.78, 5) is 0. The molecule has 4 nitrogen and oxygen atoms in total. The van der Waals surface area contributed by atoms with Crippen molar-refractivity contribution in [3.63, 3.8) is 0 Å². The summed E-state index contributed by atoms with van der Waals surface area (Å²) in [5.41, 5.74) is 2.11. The molecule has 5 heteroatoms. The van der Waals surface area contributed by atoms with Crippen LogP contribution in [-0.2, 0) is 18.0 Å². The SMILES string of the molecule is N#Cc1c2c(nn1-c1ccccc1F)COC2. The first-order valence-corrected chi connectivity index (χ1v) is 5.15. The zero-order valence-corrected chi connectivity index (χ0v) is 8.85. The largest absolute Gasteiger partial charge is 0.370 e. The van der Waals surface area contributed by atoms with Gasteiger partial charge in [0.05, 0.1) is 18.9 Å². The van der Waals surface area contributed by atoms with E-state index < -0.39 is 5.82 Å². The molecule has 1 aromatic heterocycles. The first-order valence-electron chi connectivity index (χ1n) is 5.15. The van der Waals surface area contributed by atoms with Crippen molar-refractivity contribution >= 4 is 0 Å². The lowest BCUT2D eigenvalue weighted by molar-refractivity contribution is 0.131. The van der Waals surface area contributed by atoms with Crippen molar-refractivity contribution in [2.24, 2.45) is 0 Å². The molecule has 1 aliphatic rings. The fraction of sp³-hybridized carbons (Fsp3) is 0.167. The van der Waals surface area contributed by atoms with Crippen molar-refractivity contribution in [2.45, 2.75) is 13.2 Å².